The topological polar surface area (TPSA) is 49.4 Å². The van der Waals surface area contributed by atoms with Crippen molar-refractivity contribution in [3.8, 4) is 0 Å². The van der Waals surface area contributed by atoms with Crippen LogP contribution in [0.2, 0.25) is 0 Å². The molecule has 30 heavy (non-hydrogen) atoms. The minimum absolute atomic E-state index is 0.0379. The zero-order valence-electron chi connectivity index (χ0n) is 19.4. The minimum Gasteiger partial charge on any atom is -0.353 e. The van der Waals surface area contributed by atoms with Gasteiger partial charge in [-0.3, -0.25) is 9.59 Å². The van der Waals surface area contributed by atoms with Crippen LogP contribution in [-0.4, -0.2) is 34.8 Å². The number of fused-ring (bicyclic) bond motifs is 5. The summed E-state index contributed by atoms with van der Waals surface area (Å²) in [5.74, 6) is 2.56. The number of allylic oxidation sites excluding steroid dienone is 1. The van der Waals surface area contributed by atoms with E-state index < -0.39 is 0 Å². The first kappa shape index (κ1) is 20.6. The number of hydrogen-bond acceptors (Lipinski definition) is 2. The second kappa shape index (κ2) is 7.10. The monoisotopic (exact) mass is 412 g/mol. The van der Waals surface area contributed by atoms with Crippen LogP contribution >= 0.6 is 0 Å². The highest BCUT2D eigenvalue weighted by molar-refractivity contribution is 5.96. The summed E-state index contributed by atoms with van der Waals surface area (Å²) < 4.78 is 0. The van der Waals surface area contributed by atoms with Gasteiger partial charge in [-0.25, -0.2) is 0 Å². The molecule has 8 atom stereocenters. The summed E-state index contributed by atoms with van der Waals surface area (Å²) in [6.45, 7) is 9.32. The molecule has 0 spiro atoms. The maximum absolute atomic E-state index is 13.8. The van der Waals surface area contributed by atoms with E-state index in [1.807, 2.05) is 0 Å². The van der Waals surface area contributed by atoms with Crippen molar-refractivity contribution in [2.75, 3.05) is 0 Å². The minimum atomic E-state index is 0.0379. The summed E-state index contributed by atoms with van der Waals surface area (Å²) in [5, 5.41) is 3.33. The van der Waals surface area contributed by atoms with Crippen LogP contribution in [0.3, 0.4) is 0 Å². The maximum Gasteiger partial charge on any atom is 0.250 e. The molecule has 5 rings (SSSR count). The van der Waals surface area contributed by atoms with Crippen molar-refractivity contribution in [3.63, 3.8) is 0 Å². The van der Waals surface area contributed by atoms with E-state index in [1.165, 1.54) is 19.3 Å². The molecule has 2 aliphatic heterocycles. The molecule has 2 heterocycles. The predicted molar refractivity (Wildman–Crippen MR) is 119 cm³/mol. The van der Waals surface area contributed by atoms with Gasteiger partial charge < -0.3 is 10.2 Å². The molecule has 5 aliphatic rings. The summed E-state index contributed by atoms with van der Waals surface area (Å²) in [6.07, 6.45) is 13.3. The molecular weight excluding hydrogens is 372 g/mol. The van der Waals surface area contributed by atoms with Crippen LogP contribution in [0.5, 0.6) is 0 Å². The maximum atomic E-state index is 13.8. The van der Waals surface area contributed by atoms with Gasteiger partial charge >= 0.3 is 0 Å². The average molecular weight is 413 g/mol. The molecule has 4 fully saturated rings. The van der Waals surface area contributed by atoms with E-state index in [0.717, 1.165) is 44.1 Å². The molecule has 0 aromatic heterocycles. The van der Waals surface area contributed by atoms with Gasteiger partial charge in [0, 0.05) is 35.5 Å². The van der Waals surface area contributed by atoms with Crippen molar-refractivity contribution in [1.82, 2.24) is 10.2 Å². The number of carbonyl (C=O) groups is 2. The van der Waals surface area contributed by atoms with E-state index in [2.05, 4.69) is 44.0 Å². The molecule has 3 unspecified atom stereocenters. The van der Waals surface area contributed by atoms with Crippen molar-refractivity contribution in [3.05, 3.63) is 11.6 Å². The molecule has 3 aliphatic carbocycles. The van der Waals surface area contributed by atoms with Crippen LogP contribution in [0.15, 0.2) is 11.6 Å². The molecule has 2 saturated heterocycles. The number of carbonyl (C=O) groups excluding carboxylic acids is 2. The van der Waals surface area contributed by atoms with Crippen molar-refractivity contribution >= 4 is 11.8 Å². The van der Waals surface area contributed by atoms with Crippen LogP contribution < -0.4 is 5.32 Å². The lowest BCUT2D eigenvalue weighted by atomic mass is 9.47. The Morgan fingerprint density at radius 2 is 1.77 bits per heavy atom. The number of hydrogen-bond donors (Lipinski definition) is 1. The first-order valence-corrected chi connectivity index (χ1v) is 12.6. The Morgan fingerprint density at radius 1 is 1.03 bits per heavy atom. The van der Waals surface area contributed by atoms with Gasteiger partial charge in [-0.05, 0) is 94.8 Å². The second-order valence-electron chi connectivity index (χ2n) is 11.7. The van der Waals surface area contributed by atoms with E-state index >= 15 is 0 Å². The Kier molecular flexibility index (Phi) is 4.87. The number of amides is 2. The normalized spacial score (nSPS) is 48.2. The fourth-order valence-electron chi connectivity index (χ4n) is 8.56. The molecule has 2 amide bonds. The van der Waals surface area contributed by atoms with Gasteiger partial charge in [0.25, 0.3) is 5.91 Å². The lowest BCUT2D eigenvalue weighted by Gasteiger charge is -2.60. The van der Waals surface area contributed by atoms with Crippen LogP contribution in [-0.2, 0) is 9.59 Å². The third-order valence-electron chi connectivity index (χ3n) is 10.3. The SMILES string of the molecule is CC1CCCC(C)N1C(=O)C1=CC[C@H]2[C@@H]3CCC4NC(=O)CC[C@]4(C)[C@@H]3CC[C@]12C. The average Bonchev–Trinajstić information content (AvgIpc) is 3.05. The van der Waals surface area contributed by atoms with Gasteiger partial charge in [0.15, 0.2) is 0 Å². The number of likely N-dealkylation sites (tertiary alicyclic amines) is 1. The molecule has 4 nitrogen and oxygen atoms in total. The number of nitrogens with zero attached hydrogens (tertiary/aromatic N) is 1. The quantitative estimate of drug-likeness (QED) is 0.670. The Labute approximate surface area is 182 Å². The Bertz CT molecular complexity index is 765. The van der Waals surface area contributed by atoms with Crippen LogP contribution in [0, 0.1) is 28.6 Å². The van der Waals surface area contributed by atoms with E-state index in [4.69, 9.17) is 0 Å². The van der Waals surface area contributed by atoms with Crippen LogP contribution in [0.4, 0.5) is 0 Å². The van der Waals surface area contributed by atoms with Crippen molar-refractivity contribution in [1.29, 1.82) is 0 Å². The highest BCUT2D eigenvalue weighted by Crippen LogP contribution is 2.64. The number of piperidine rings is 2. The van der Waals surface area contributed by atoms with Gasteiger partial charge in [-0.15, -0.1) is 0 Å². The van der Waals surface area contributed by atoms with Crippen molar-refractivity contribution < 1.29 is 9.59 Å². The van der Waals surface area contributed by atoms with Crippen molar-refractivity contribution in [2.24, 2.45) is 28.6 Å². The summed E-state index contributed by atoms with van der Waals surface area (Å²) in [4.78, 5) is 28.0. The number of nitrogens with one attached hydrogen (secondary N) is 1. The van der Waals surface area contributed by atoms with Gasteiger partial charge in [-0.1, -0.05) is 19.9 Å². The molecule has 0 aromatic rings. The number of rotatable bonds is 1. The predicted octanol–water partition coefficient (Wildman–Crippen LogP) is 4.83. The van der Waals surface area contributed by atoms with E-state index in [1.54, 1.807) is 0 Å². The van der Waals surface area contributed by atoms with Gasteiger partial charge in [0.1, 0.15) is 0 Å². The highest BCUT2D eigenvalue weighted by atomic mass is 16.2. The fraction of sp³-hybridized carbons (Fsp3) is 0.846. The molecule has 2 saturated carbocycles. The smallest absolute Gasteiger partial charge is 0.250 e. The Hall–Kier alpha value is -1.32. The standard InChI is InChI=1S/C26H40N2O2/c1-16-6-5-7-17(2)28(16)24(30)21-10-9-19-18-8-11-22-26(4,15-13-23(29)27-22)20(18)12-14-25(19,21)3/h10,16-20,22H,5-9,11-15H2,1-4H3,(H,27,29)/t16?,17?,18-,19-,20+,22?,25-,26+/m0/s1. The summed E-state index contributed by atoms with van der Waals surface area (Å²) in [6, 6.07) is 1.08. The Balaban J connectivity index is 1.39. The molecular formula is C26H40N2O2. The highest BCUT2D eigenvalue weighted by Gasteiger charge is 2.59. The summed E-state index contributed by atoms with van der Waals surface area (Å²) in [5.41, 5.74) is 1.41. The molecule has 4 heteroatoms. The van der Waals surface area contributed by atoms with Crippen LogP contribution in [0.25, 0.3) is 0 Å². The van der Waals surface area contributed by atoms with E-state index in [-0.39, 0.29) is 16.7 Å². The third kappa shape index (κ3) is 2.84. The Morgan fingerprint density at radius 3 is 2.50 bits per heavy atom. The molecule has 0 radical (unpaired) electrons. The largest absolute Gasteiger partial charge is 0.353 e. The fourth-order valence-corrected chi connectivity index (χ4v) is 8.56. The first-order valence-electron chi connectivity index (χ1n) is 12.6. The summed E-state index contributed by atoms with van der Waals surface area (Å²) in [7, 11) is 0. The van der Waals surface area contributed by atoms with E-state index in [9.17, 15) is 9.59 Å². The zero-order chi connectivity index (χ0) is 21.3. The molecule has 166 valence electrons. The van der Waals surface area contributed by atoms with Crippen LogP contribution in [0.1, 0.15) is 91.9 Å². The van der Waals surface area contributed by atoms with Gasteiger partial charge in [0.2, 0.25) is 5.91 Å². The first-order chi connectivity index (χ1) is 14.3. The lowest BCUT2D eigenvalue weighted by molar-refractivity contribution is -0.139. The van der Waals surface area contributed by atoms with Crippen molar-refractivity contribution in [2.45, 2.75) is 110 Å². The second-order valence-corrected chi connectivity index (χ2v) is 11.7. The molecule has 0 bridgehead atoms. The van der Waals surface area contributed by atoms with Gasteiger partial charge in [-0.2, -0.15) is 0 Å². The van der Waals surface area contributed by atoms with Gasteiger partial charge in [0.05, 0.1) is 0 Å². The summed E-state index contributed by atoms with van der Waals surface area (Å²) >= 11 is 0. The molecule has 1 N–H and O–H groups in total. The lowest BCUT2D eigenvalue weighted by Crippen LogP contribution is -2.61. The molecule has 0 aromatic carbocycles. The third-order valence-corrected chi connectivity index (χ3v) is 10.3. The van der Waals surface area contributed by atoms with E-state index in [0.29, 0.717) is 48.2 Å². The zero-order valence-corrected chi connectivity index (χ0v) is 19.4.